The number of hydrogen-bond donors (Lipinski definition) is 5. The number of rotatable bonds is 7. The third kappa shape index (κ3) is 3.95. The van der Waals surface area contributed by atoms with Crippen LogP contribution in [0.25, 0.3) is 11.2 Å². The molecule has 2 aromatic heterocycles. The van der Waals surface area contributed by atoms with E-state index < -0.39 is 36.7 Å². The van der Waals surface area contributed by atoms with Gasteiger partial charge in [-0.2, -0.15) is 0 Å². The van der Waals surface area contributed by atoms with Gasteiger partial charge in [-0.3, -0.25) is 14.3 Å². The molecular formula is C16H23N7O5. The van der Waals surface area contributed by atoms with Gasteiger partial charge in [-0.15, -0.1) is 0 Å². The topological polar surface area (TPSA) is 186 Å². The number of nitrogens with two attached hydrogens (primary N) is 2. The van der Waals surface area contributed by atoms with Crippen LogP contribution in [0, 0.1) is 0 Å². The Labute approximate surface area is 160 Å². The average Bonchev–Trinajstić information content (AvgIpc) is 3.25. The zero-order valence-electron chi connectivity index (χ0n) is 15.2. The van der Waals surface area contributed by atoms with Gasteiger partial charge in [-0.05, 0) is 7.05 Å². The molecule has 0 bridgehead atoms. The molecule has 0 aromatic carbocycles. The Balaban J connectivity index is 1.67. The van der Waals surface area contributed by atoms with Crippen molar-refractivity contribution in [3.8, 4) is 0 Å². The molecule has 7 N–H and O–H groups in total. The molecule has 3 rings (SSSR count). The highest BCUT2D eigenvalue weighted by molar-refractivity contribution is 5.81. The average molecular weight is 393 g/mol. The molecule has 12 nitrogen and oxygen atoms in total. The Kier molecular flexibility index (Phi) is 5.86. The maximum atomic E-state index is 10.7. The van der Waals surface area contributed by atoms with Crippen LogP contribution in [0.5, 0.6) is 0 Å². The molecule has 28 heavy (non-hydrogen) atoms. The summed E-state index contributed by atoms with van der Waals surface area (Å²) in [6.45, 7) is 0.219. The van der Waals surface area contributed by atoms with Crippen LogP contribution in [0.2, 0.25) is 0 Å². The molecule has 0 spiro atoms. The monoisotopic (exact) mass is 393 g/mol. The molecule has 12 heteroatoms. The van der Waals surface area contributed by atoms with Gasteiger partial charge < -0.3 is 31.5 Å². The molecule has 2 aromatic rings. The second kappa shape index (κ2) is 8.16. The van der Waals surface area contributed by atoms with Crippen molar-refractivity contribution in [3.63, 3.8) is 0 Å². The third-order valence-corrected chi connectivity index (χ3v) is 4.60. The highest BCUT2D eigenvalue weighted by atomic mass is 16.5. The largest absolute Gasteiger partial charge is 0.480 e. The number of nitrogen functional groups attached to an aromatic ring is 1. The predicted octanol–water partition coefficient (Wildman–Crippen LogP) is -1.72. The summed E-state index contributed by atoms with van der Waals surface area (Å²) in [6, 6.07) is -1.12. The van der Waals surface area contributed by atoms with Crippen molar-refractivity contribution in [3.05, 3.63) is 24.8 Å². The van der Waals surface area contributed by atoms with Crippen LogP contribution < -0.4 is 11.5 Å². The molecular weight excluding hydrogens is 370 g/mol. The number of fused-ring (bicyclic) bond motifs is 1. The van der Waals surface area contributed by atoms with Crippen molar-refractivity contribution in [2.24, 2.45) is 5.73 Å². The van der Waals surface area contributed by atoms with Crippen LogP contribution >= 0.6 is 0 Å². The molecule has 1 fully saturated rings. The maximum absolute atomic E-state index is 10.7. The number of carboxylic acid groups (broad SMARTS) is 1. The Bertz CT molecular complexity index is 872. The molecule has 3 heterocycles. The van der Waals surface area contributed by atoms with E-state index in [2.05, 4.69) is 15.0 Å². The first-order valence-electron chi connectivity index (χ1n) is 8.59. The minimum atomic E-state index is -1.14. The Morgan fingerprint density at radius 3 is 2.96 bits per heavy atom. The van der Waals surface area contributed by atoms with Crippen LogP contribution in [-0.2, 0) is 9.53 Å². The molecule has 0 saturated carbocycles. The van der Waals surface area contributed by atoms with Crippen LogP contribution in [-0.4, -0.2) is 83.8 Å². The lowest BCUT2D eigenvalue weighted by Gasteiger charge is -2.28. The number of carboxylic acids is 1. The SMILES string of the molecule is CN(CC=CC(N)C(=O)O)C(O)[C@H]1O[C@@H](n2cnc3c(N)ncnc32)C[C@@H]1O. The number of aliphatic hydroxyl groups is 2. The van der Waals surface area contributed by atoms with Gasteiger partial charge in [0.1, 0.15) is 36.4 Å². The van der Waals surface area contributed by atoms with Crippen LogP contribution in [0.4, 0.5) is 5.82 Å². The van der Waals surface area contributed by atoms with Crippen molar-refractivity contribution in [1.29, 1.82) is 0 Å². The van der Waals surface area contributed by atoms with E-state index in [4.69, 9.17) is 21.3 Å². The summed E-state index contributed by atoms with van der Waals surface area (Å²) in [5.41, 5.74) is 12.1. The van der Waals surface area contributed by atoms with Gasteiger partial charge in [0.25, 0.3) is 0 Å². The minimum absolute atomic E-state index is 0.219. The fourth-order valence-electron chi connectivity index (χ4n) is 3.01. The smallest absolute Gasteiger partial charge is 0.324 e. The van der Waals surface area contributed by atoms with E-state index in [9.17, 15) is 15.0 Å². The number of aromatic nitrogens is 4. The van der Waals surface area contributed by atoms with Gasteiger partial charge in [-0.1, -0.05) is 12.2 Å². The summed E-state index contributed by atoms with van der Waals surface area (Å²) < 4.78 is 7.49. The van der Waals surface area contributed by atoms with Gasteiger partial charge in [0.15, 0.2) is 11.5 Å². The molecule has 0 radical (unpaired) electrons. The van der Waals surface area contributed by atoms with Crippen LogP contribution in [0.15, 0.2) is 24.8 Å². The lowest BCUT2D eigenvalue weighted by Crippen LogP contribution is -2.45. The summed E-state index contributed by atoms with van der Waals surface area (Å²) in [5.74, 6) is -0.904. The summed E-state index contributed by atoms with van der Waals surface area (Å²) in [4.78, 5) is 24.4. The normalized spacial score (nSPS) is 25.0. The zero-order valence-corrected chi connectivity index (χ0v) is 15.2. The number of aliphatic carboxylic acids is 1. The second-order valence-corrected chi connectivity index (χ2v) is 6.59. The number of ether oxygens (including phenoxy) is 1. The molecule has 0 aliphatic carbocycles. The van der Waals surface area contributed by atoms with E-state index in [0.29, 0.717) is 11.2 Å². The number of carbonyl (C=O) groups is 1. The van der Waals surface area contributed by atoms with Gasteiger partial charge in [0.2, 0.25) is 0 Å². The van der Waals surface area contributed by atoms with Gasteiger partial charge in [-0.25, -0.2) is 15.0 Å². The van der Waals surface area contributed by atoms with Crippen molar-refractivity contribution in [2.75, 3.05) is 19.3 Å². The molecule has 1 aliphatic rings. The van der Waals surface area contributed by atoms with Crippen LogP contribution in [0.3, 0.4) is 0 Å². The fourth-order valence-corrected chi connectivity index (χ4v) is 3.01. The third-order valence-electron chi connectivity index (χ3n) is 4.60. The summed E-state index contributed by atoms with van der Waals surface area (Å²) in [5, 5.41) is 29.7. The van der Waals surface area contributed by atoms with Crippen molar-refractivity contribution in [2.45, 2.75) is 37.1 Å². The Morgan fingerprint density at radius 1 is 1.50 bits per heavy atom. The number of imidazole rings is 1. The number of likely N-dealkylation sites (N-methyl/N-ethyl adjacent to an activating group) is 1. The van der Waals surface area contributed by atoms with Crippen molar-refractivity contribution in [1.82, 2.24) is 24.4 Å². The van der Waals surface area contributed by atoms with E-state index in [-0.39, 0.29) is 18.8 Å². The number of anilines is 1. The quantitative estimate of drug-likeness (QED) is 0.266. The summed E-state index contributed by atoms with van der Waals surface area (Å²) in [6.07, 6.45) is 2.38. The summed E-state index contributed by atoms with van der Waals surface area (Å²) >= 11 is 0. The molecule has 1 saturated heterocycles. The van der Waals surface area contributed by atoms with Gasteiger partial charge in [0, 0.05) is 13.0 Å². The summed E-state index contributed by atoms with van der Waals surface area (Å²) in [7, 11) is 1.62. The van der Waals surface area contributed by atoms with E-state index in [1.165, 1.54) is 29.7 Å². The highest BCUT2D eigenvalue weighted by Crippen LogP contribution is 2.33. The van der Waals surface area contributed by atoms with E-state index >= 15 is 0 Å². The zero-order chi connectivity index (χ0) is 20.4. The standard InChI is InChI=1S/C16H23N7O5/c1-22(4-2-3-8(17)16(26)27)15(25)12-9(24)5-10(28-12)23-7-21-11-13(18)19-6-20-14(11)23/h2-3,6-10,12,15,24-25H,4-5,17H2,1H3,(H,26,27)(H2,18,19,20)/t8?,9-,10+,12-,15?/m0/s1. The van der Waals surface area contributed by atoms with Crippen molar-refractivity contribution >= 4 is 23.0 Å². The van der Waals surface area contributed by atoms with Crippen LogP contribution in [0.1, 0.15) is 12.6 Å². The molecule has 1 aliphatic heterocycles. The number of hydrogen-bond acceptors (Lipinski definition) is 10. The first-order chi connectivity index (χ1) is 13.3. The van der Waals surface area contributed by atoms with E-state index in [0.717, 1.165) is 0 Å². The number of aliphatic hydroxyl groups excluding tert-OH is 2. The Morgan fingerprint density at radius 2 is 2.25 bits per heavy atom. The molecule has 0 amide bonds. The molecule has 2 unspecified atom stereocenters. The molecule has 152 valence electrons. The first kappa shape index (κ1) is 20.1. The molecule has 5 atom stereocenters. The fraction of sp³-hybridized carbons (Fsp3) is 0.500. The number of nitrogens with zero attached hydrogens (tertiary/aromatic N) is 5. The highest BCUT2D eigenvalue weighted by Gasteiger charge is 2.41. The van der Waals surface area contributed by atoms with Gasteiger partial charge in [0.05, 0.1) is 12.4 Å². The first-order valence-corrected chi connectivity index (χ1v) is 8.59. The lowest BCUT2D eigenvalue weighted by atomic mass is 10.1. The van der Waals surface area contributed by atoms with Gasteiger partial charge >= 0.3 is 5.97 Å². The Hall–Kier alpha value is -2.64. The predicted molar refractivity (Wildman–Crippen MR) is 97.7 cm³/mol. The van der Waals surface area contributed by atoms with Crippen molar-refractivity contribution < 1.29 is 24.9 Å². The van der Waals surface area contributed by atoms with E-state index in [1.54, 1.807) is 11.6 Å². The van der Waals surface area contributed by atoms with E-state index in [1.807, 2.05) is 0 Å². The second-order valence-electron chi connectivity index (χ2n) is 6.59. The minimum Gasteiger partial charge on any atom is -0.480 e. The lowest BCUT2D eigenvalue weighted by molar-refractivity contribution is -0.137. The maximum Gasteiger partial charge on any atom is 0.324 e.